The molecule has 1 aliphatic rings. The monoisotopic (exact) mass is 227 g/mol. The van der Waals surface area contributed by atoms with E-state index in [9.17, 15) is 0 Å². The summed E-state index contributed by atoms with van der Waals surface area (Å²) in [5.74, 6) is 1.68. The largest absolute Gasteiger partial charge is 0.493 e. The molecule has 1 aromatic carbocycles. The van der Waals surface area contributed by atoms with Crippen molar-refractivity contribution in [3.8, 4) is 5.75 Å². The summed E-state index contributed by atoms with van der Waals surface area (Å²) < 4.78 is 5.70. The third kappa shape index (κ3) is 3.73. The van der Waals surface area contributed by atoms with Gasteiger partial charge in [0, 0.05) is 12.5 Å². The molecular formula is C12H18ClNO. The van der Waals surface area contributed by atoms with Gasteiger partial charge in [-0.3, -0.25) is 0 Å². The standard InChI is InChI=1S/C12H17NO.ClH/c1-10-2-4-12(5-3-10)14-9-11-6-7-13-8-11;/h2-5,11,13H,6-9H2,1H3;1H. The third-order valence-electron chi connectivity index (χ3n) is 2.67. The first-order valence-corrected chi connectivity index (χ1v) is 5.25. The number of hydrogen-bond donors (Lipinski definition) is 1. The Morgan fingerprint density at radius 1 is 1.33 bits per heavy atom. The molecule has 1 fully saturated rings. The topological polar surface area (TPSA) is 21.3 Å². The summed E-state index contributed by atoms with van der Waals surface area (Å²) >= 11 is 0. The van der Waals surface area contributed by atoms with Gasteiger partial charge in [-0.15, -0.1) is 12.4 Å². The Kier molecular flexibility index (Phi) is 4.92. The van der Waals surface area contributed by atoms with Crippen LogP contribution in [0, 0.1) is 12.8 Å². The van der Waals surface area contributed by atoms with Crippen LogP contribution in [0.5, 0.6) is 5.75 Å². The summed E-state index contributed by atoms with van der Waals surface area (Å²) in [5.41, 5.74) is 1.28. The van der Waals surface area contributed by atoms with E-state index < -0.39 is 0 Å². The fourth-order valence-electron chi connectivity index (χ4n) is 1.71. The average molecular weight is 228 g/mol. The van der Waals surface area contributed by atoms with Crippen molar-refractivity contribution >= 4 is 12.4 Å². The van der Waals surface area contributed by atoms with Gasteiger partial charge >= 0.3 is 0 Å². The van der Waals surface area contributed by atoms with E-state index >= 15 is 0 Å². The van der Waals surface area contributed by atoms with E-state index in [1.165, 1.54) is 12.0 Å². The van der Waals surface area contributed by atoms with Crippen LogP contribution in [0.25, 0.3) is 0 Å². The van der Waals surface area contributed by atoms with E-state index in [-0.39, 0.29) is 12.4 Å². The Morgan fingerprint density at radius 3 is 2.67 bits per heavy atom. The van der Waals surface area contributed by atoms with Crippen LogP contribution in [0.2, 0.25) is 0 Å². The van der Waals surface area contributed by atoms with Crippen molar-refractivity contribution in [2.45, 2.75) is 13.3 Å². The lowest BCUT2D eigenvalue weighted by molar-refractivity contribution is 0.260. The van der Waals surface area contributed by atoms with Crippen molar-refractivity contribution in [1.82, 2.24) is 5.32 Å². The van der Waals surface area contributed by atoms with Gasteiger partial charge in [0.1, 0.15) is 5.75 Å². The molecule has 2 nitrogen and oxygen atoms in total. The van der Waals surface area contributed by atoms with Gasteiger partial charge in [-0.05, 0) is 32.0 Å². The van der Waals surface area contributed by atoms with Crippen molar-refractivity contribution < 1.29 is 4.74 Å². The highest BCUT2D eigenvalue weighted by molar-refractivity contribution is 5.85. The maximum atomic E-state index is 5.70. The van der Waals surface area contributed by atoms with Gasteiger partial charge in [-0.25, -0.2) is 0 Å². The van der Waals surface area contributed by atoms with Gasteiger partial charge in [-0.1, -0.05) is 17.7 Å². The Hall–Kier alpha value is -0.730. The minimum atomic E-state index is 0. The number of benzene rings is 1. The SMILES string of the molecule is Cc1ccc(OCC2CCNC2)cc1.Cl. The predicted octanol–water partition coefficient (Wildman–Crippen LogP) is 2.41. The van der Waals surface area contributed by atoms with Crippen LogP contribution >= 0.6 is 12.4 Å². The number of halogens is 1. The lowest BCUT2D eigenvalue weighted by Gasteiger charge is -2.10. The highest BCUT2D eigenvalue weighted by Crippen LogP contribution is 2.14. The van der Waals surface area contributed by atoms with E-state index in [4.69, 9.17) is 4.74 Å². The zero-order valence-corrected chi connectivity index (χ0v) is 9.85. The van der Waals surface area contributed by atoms with Crippen LogP contribution in [0.15, 0.2) is 24.3 Å². The van der Waals surface area contributed by atoms with Crippen LogP contribution in [-0.2, 0) is 0 Å². The molecule has 84 valence electrons. The quantitative estimate of drug-likeness (QED) is 0.857. The van der Waals surface area contributed by atoms with E-state index in [1.54, 1.807) is 0 Å². The van der Waals surface area contributed by atoms with Gasteiger partial charge in [-0.2, -0.15) is 0 Å². The maximum Gasteiger partial charge on any atom is 0.119 e. The van der Waals surface area contributed by atoms with E-state index in [0.717, 1.165) is 25.4 Å². The molecule has 0 aromatic heterocycles. The molecule has 0 spiro atoms. The first kappa shape index (κ1) is 12.3. The number of ether oxygens (including phenoxy) is 1. The van der Waals surface area contributed by atoms with E-state index in [1.807, 2.05) is 12.1 Å². The van der Waals surface area contributed by atoms with Gasteiger partial charge in [0.25, 0.3) is 0 Å². The fourth-order valence-corrected chi connectivity index (χ4v) is 1.71. The van der Waals surface area contributed by atoms with Crippen LogP contribution in [-0.4, -0.2) is 19.7 Å². The Balaban J connectivity index is 0.00000112. The summed E-state index contributed by atoms with van der Waals surface area (Å²) in [7, 11) is 0. The molecule has 0 saturated carbocycles. The molecule has 1 aliphatic heterocycles. The van der Waals surface area contributed by atoms with Crippen LogP contribution in [0.3, 0.4) is 0 Å². The van der Waals surface area contributed by atoms with Crippen molar-refractivity contribution in [1.29, 1.82) is 0 Å². The fraction of sp³-hybridized carbons (Fsp3) is 0.500. The van der Waals surface area contributed by atoms with Crippen molar-refractivity contribution in [2.75, 3.05) is 19.7 Å². The second-order valence-electron chi connectivity index (χ2n) is 3.98. The van der Waals surface area contributed by atoms with Gasteiger partial charge in [0.2, 0.25) is 0 Å². The van der Waals surface area contributed by atoms with Gasteiger partial charge in [0.15, 0.2) is 0 Å². The minimum absolute atomic E-state index is 0. The first-order chi connectivity index (χ1) is 6.84. The third-order valence-corrected chi connectivity index (χ3v) is 2.67. The molecule has 15 heavy (non-hydrogen) atoms. The molecule has 1 aromatic rings. The summed E-state index contributed by atoms with van der Waals surface area (Å²) in [4.78, 5) is 0. The van der Waals surface area contributed by atoms with Crippen molar-refractivity contribution in [3.63, 3.8) is 0 Å². The van der Waals surface area contributed by atoms with E-state index in [0.29, 0.717) is 5.92 Å². The van der Waals surface area contributed by atoms with Gasteiger partial charge in [0.05, 0.1) is 6.61 Å². The second-order valence-corrected chi connectivity index (χ2v) is 3.98. The Labute approximate surface area is 97.4 Å². The molecule has 0 bridgehead atoms. The molecule has 1 unspecified atom stereocenters. The Bertz CT molecular complexity index is 280. The molecule has 3 heteroatoms. The lowest BCUT2D eigenvalue weighted by atomic mass is 10.1. The average Bonchev–Trinajstić information content (AvgIpc) is 2.70. The molecule has 0 amide bonds. The summed E-state index contributed by atoms with van der Waals surface area (Å²) in [6.07, 6.45) is 1.24. The number of hydrogen-bond acceptors (Lipinski definition) is 2. The summed E-state index contributed by atoms with van der Waals surface area (Å²) in [6.45, 7) is 5.18. The predicted molar refractivity (Wildman–Crippen MR) is 64.9 cm³/mol. The molecule has 0 aliphatic carbocycles. The van der Waals surface area contributed by atoms with Crippen molar-refractivity contribution in [2.24, 2.45) is 5.92 Å². The van der Waals surface area contributed by atoms with Crippen LogP contribution in [0.4, 0.5) is 0 Å². The summed E-state index contributed by atoms with van der Waals surface area (Å²) in [6, 6.07) is 8.25. The van der Waals surface area contributed by atoms with Crippen molar-refractivity contribution in [3.05, 3.63) is 29.8 Å². The maximum absolute atomic E-state index is 5.70. The van der Waals surface area contributed by atoms with Gasteiger partial charge < -0.3 is 10.1 Å². The highest BCUT2D eigenvalue weighted by Gasteiger charge is 2.14. The molecule has 1 heterocycles. The second kappa shape index (κ2) is 5.99. The molecule has 1 N–H and O–H groups in total. The van der Waals surface area contributed by atoms with Crippen LogP contribution < -0.4 is 10.1 Å². The summed E-state index contributed by atoms with van der Waals surface area (Å²) in [5, 5.41) is 3.34. The molecular weight excluding hydrogens is 210 g/mol. The van der Waals surface area contributed by atoms with E-state index in [2.05, 4.69) is 24.4 Å². The zero-order valence-electron chi connectivity index (χ0n) is 9.03. The molecule has 2 rings (SSSR count). The van der Waals surface area contributed by atoms with Crippen LogP contribution in [0.1, 0.15) is 12.0 Å². The molecule has 1 saturated heterocycles. The smallest absolute Gasteiger partial charge is 0.119 e. The molecule has 0 radical (unpaired) electrons. The Morgan fingerprint density at radius 2 is 2.07 bits per heavy atom. The highest BCUT2D eigenvalue weighted by atomic mass is 35.5. The normalized spacial score (nSPS) is 19.7. The first-order valence-electron chi connectivity index (χ1n) is 5.25. The number of aryl methyl sites for hydroxylation is 1. The minimum Gasteiger partial charge on any atom is -0.493 e. The molecule has 1 atom stereocenters. The number of nitrogens with one attached hydrogen (secondary N) is 1. The lowest BCUT2D eigenvalue weighted by Crippen LogP contribution is -2.15. The zero-order chi connectivity index (χ0) is 9.80. The number of rotatable bonds is 3.